The third kappa shape index (κ3) is 3.73. The first-order valence-electron chi connectivity index (χ1n) is 15.4. The van der Waals surface area contributed by atoms with E-state index in [0.717, 1.165) is 0 Å². The zero-order chi connectivity index (χ0) is 29.9. The standard InChI is InChI=1S/C16H27N/c17-13-7-12-16(14-8-3-1-4-9-14)15-10-5-2-6-11-15/h14-16H,1-12H2/i1D2,2D2,3D2,4D2,5D2,6D2,8D,9D2,10D,11D2,14D,15D. The van der Waals surface area contributed by atoms with Crippen LogP contribution in [0.25, 0.3) is 0 Å². The number of nitriles is 1. The SMILES string of the molecule is [2H]C1C([2H])([2H])C([2H])([2H])C([2H])([2H])C([2H])([2H])C1([2H])C(CCC#N)C1([2H])C([2H])C([2H])([2H])C([2H])([2H])C([2H])([2H])C1([2H])[2H]. The first-order valence-corrected chi connectivity index (χ1v) is 5.22. The lowest BCUT2D eigenvalue weighted by Crippen LogP contribution is -2.27. The van der Waals surface area contributed by atoms with Crippen molar-refractivity contribution in [1.82, 2.24) is 0 Å². The Bertz CT molecular complexity index is 898. The van der Waals surface area contributed by atoms with Gasteiger partial charge in [0, 0.05) is 33.8 Å². The third-order valence-corrected chi connectivity index (χ3v) is 2.43. The van der Waals surface area contributed by atoms with E-state index in [9.17, 15) is 5.26 Å². The number of rotatable bonds is 4. The molecule has 0 bridgehead atoms. The summed E-state index contributed by atoms with van der Waals surface area (Å²) in [5, 5.41) is 9.18. The van der Waals surface area contributed by atoms with Crippen molar-refractivity contribution in [2.75, 3.05) is 0 Å². The van der Waals surface area contributed by atoms with Gasteiger partial charge >= 0.3 is 0 Å². The minimum Gasteiger partial charge on any atom is -0.198 e. The Morgan fingerprint density at radius 3 is 2.18 bits per heavy atom. The number of hydrogen-bond donors (Lipinski definition) is 0. The van der Waals surface area contributed by atoms with E-state index in [1.807, 2.05) is 0 Å². The van der Waals surface area contributed by atoms with Gasteiger partial charge in [0.1, 0.15) is 0 Å². The molecular formula is C16H27N. The van der Waals surface area contributed by atoms with Gasteiger partial charge in [0.05, 0.1) is 6.07 Å². The van der Waals surface area contributed by atoms with Crippen molar-refractivity contribution in [1.29, 1.82) is 5.26 Å². The average molecular weight is 254 g/mol. The molecule has 0 radical (unpaired) electrons. The molecule has 4 atom stereocenters. The Morgan fingerprint density at radius 1 is 1.06 bits per heavy atom. The van der Waals surface area contributed by atoms with Crippen molar-refractivity contribution in [3.05, 3.63) is 0 Å². The molecule has 0 aromatic rings. The molecule has 0 amide bonds. The van der Waals surface area contributed by atoms with Crippen LogP contribution in [0.2, 0.25) is 0 Å². The molecule has 2 aliphatic rings. The van der Waals surface area contributed by atoms with Crippen molar-refractivity contribution in [2.45, 2.75) is 76.6 Å². The summed E-state index contributed by atoms with van der Waals surface area (Å²) in [5.74, 6) is -10.1. The summed E-state index contributed by atoms with van der Waals surface area (Å²) in [4.78, 5) is 0. The minimum absolute atomic E-state index is 0.782. The monoisotopic (exact) mass is 253 g/mol. The lowest BCUT2D eigenvalue weighted by atomic mass is 9.68. The minimum atomic E-state index is -3.94. The third-order valence-electron chi connectivity index (χ3n) is 2.43. The zero-order valence-electron chi connectivity index (χ0n) is 29.1. The van der Waals surface area contributed by atoms with Gasteiger partial charge in [-0.3, -0.25) is 0 Å². The average Bonchev–Trinajstić information content (AvgIpc) is 2.75. The molecule has 2 saturated carbocycles. The highest BCUT2D eigenvalue weighted by atomic mass is 14.4. The topological polar surface area (TPSA) is 23.8 Å². The molecule has 0 aromatic carbocycles. The highest BCUT2D eigenvalue weighted by Crippen LogP contribution is 2.41. The van der Waals surface area contributed by atoms with Crippen LogP contribution in [0.3, 0.4) is 0 Å². The van der Waals surface area contributed by atoms with Crippen LogP contribution in [0, 0.1) is 29.0 Å². The van der Waals surface area contributed by atoms with Crippen LogP contribution in [-0.4, -0.2) is 0 Å². The molecule has 4 unspecified atom stereocenters. The molecule has 96 valence electrons. The van der Waals surface area contributed by atoms with Gasteiger partial charge in [-0.1, -0.05) is 63.8 Å². The summed E-state index contributed by atoms with van der Waals surface area (Å²) in [5.41, 5.74) is 0. The van der Waals surface area contributed by atoms with Crippen LogP contribution in [0.5, 0.6) is 0 Å². The molecule has 0 aliphatic heterocycles. The van der Waals surface area contributed by atoms with E-state index in [2.05, 4.69) is 0 Å². The van der Waals surface area contributed by atoms with E-state index in [1.165, 1.54) is 0 Å². The Balaban J connectivity index is 3.09. The highest BCUT2D eigenvalue weighted by molar-refractivity contribution is 4.84. The van der Waals surface area contributed by atoms with Crippen LogP contribution < -0.4 is 0 Å². The first-order chi connectivity index (χ1) is 16.0. The maximum Gasteiger partial charge on any atom is 0.0621 e. The molecule has 17 heavy (non-hydrogen) atoms. The van der Waals surface area contributed by atoms with Crippen molar-refractivity contribution in [3.63, 3.8) is 0 Å². The molecule has 0 N–H and O–H groups in total. The van der Waals surface area contributed by atoms with Crippen molar-refractivity contribution < 1.29 is 27.4 Å². The molecule has 0 saturated heterocycles. The fourth-order valence-electron chi connectivity index (χ4n) is 1.64. The summed E-state index contributed by atoms with van der Waals surface area (Å²) in [7, 11) is 0. The van der Waals surface area contributed by atoms with Crippen LogP contribution >= 0.6 is 0 Å². The lowest BCUT2D eigenvalue weighted by molar-refractivity contribution is 0.136. The summed E-state index contributed by atoms with van der Waals surface area (Å²) < 4.78 is 166. The van der Waals surface area contributed by atoms with E-state index >= 15 is 0 Å². The lowest BCUT2D eigenvalue weighted by Gasteiger charge is -2.37. The second-order valence-electron chi connectivity index (χ2n) is 3.49. The Hall–Kier alpha value is -0.510. The molecule has 2 fully saturated rings. The summed E-state index contributed by atoms with van der Waals surface area (Å²) in [6.07, 6.45) is -38.4. The molecule has 2 aliphatic carbocycles. The van der Waals surface area contributed by atoms with Gasteiger partial charge in [0.25, 0.3) is 0 Å². The van der Waals surface area contributed by atoms with Gasteiger partial charge in [-0.15, -0.1) is 0 Å². The Morgan fingerprint density at radius 2 is 1.65 bits per heavy atom. The largest absolute Gasteiger partial charge is 0.198 e. The van der Waals surface area contributed by atoms with Crippen molar-refractivity contribution in [2.24, 2.45) is 17.7 Å². The maximum atomic E-state index is 9.18. The maximum absolute atomic E-state index is 9.18. The van der Waals surface area contributed by atoms with E-state index in [1.54, 1.807) is 6.07 Å². The van der Waals surface area contributed by atoms with Gasteiger partial charge < -0.3 is 0 Å². The molecule has 1 nitrogen and oxygen atoms in total. The fourth-order valence-corrected chi connectivity index (χ4v) is 1.64. The second-order valence-corrected chi connectivity index (χ2v) is 3.49. The van der Waals surface area contributed by atoms with Crippen LogP contribution in [0.1, 0.15) is 104 Å². The summed E-state index contributed by atoms with van der Waals surface area (Å²) >= 11 is 0. The number of hydrogen-bond acceptors (Lipinski definition) is 1. The van der Waals surface area contributed by atoms with Gasteiger partial charge in [-0.05, 0) is 24.1 Å². The number of nitrogens with zero attached hydrogens (tertiary/aromatic N) is 1. The van der Waals surface area contributed by atoms with E-state index in [-0.39, 0.29) is 0 Å². The van der Waals surface area contributed by atoms with Crippen molar-refractivity contribution >= 4 is 0 Å². The van der Waals surface area contributed by atoms with Gasteiger partial charge in [-0.2, -0.15) is 5.26 Å². The molecule has 2 rings (SSSR count). The van der Waals surface area contributed by atoms with E-state index < -0.39 is 94.3 Å². The molecule has 0 heterocycles. The Labute approximate surface area is 135 Å². The fraction of sp³-hybridized carbons (Fsp3) is 0.938. The van der Waals surface area contributed by atoms with Gasteiger partial charge in [0.15, 0.2) is 0 Å². The Kier molecular flexibility index (Phi) is 1.17. The van der Waals surface area contributed by atoms with Gasteiger partial charge in [-0.25, -0.2) is 0 Å². The predicted octanol–water partition coefficient (Wildman–Crippen LogP) is 5.07. The van der Waals surface area contributed by atoms with Gasteiger partial charge in [0.2, 0.25) is 0 Å². The van der Waals surface area contributed by atoms with Crippen molar-refractivity contribution in [3.8, 4) is 6.07 Å². The van der Waals surface area contributed by atoms with Crippen LogP contribution in [-0.2, 0) is 0 Å². The molecule has 1 heteroatoms. The quantitative estimate of drug-likeness (QED) is 0.686. The summed E-state index contributed by atoms with van der Waals surface area (Å²) in [6, 6.07) is 1.55. The van der Waals surface area contributed by atoms with E-state index in [4.69, 9.17) is 27.4 Å². The van der Waals surface area contributed by atoms with E-state index in [0.29, 0.717) is 0 Å². The smallest absolute Gasteiger partial charge is 0.0621 e. The molecule has 0 spiro atoms. The zero-order valence-corrected chi connectivity index (χ0v) is 9.09. The normalized spacial score (nSPS) is 90.1. The second kappa shape index (κ2) is 7.04. The molecular weight excluding hydrogens is 206 g/mol. The van der Waals surface area contributed by atoms with Crippen LogP contribution in [0.4, 0.5) is 0 Å². The molecule has 0 aromatic heterocycles. The first kappa shape index (κ1) is 2.82. The highest BCUT2D eigenvalue weighted by Gasteiger charge is 2.30. The van der Waals surface area contributed by atoms with Crippen LogP contribution in [0.15, 0.2) is 0 Å². The predicted molar refractivity (Wildman–Crippen MR) is 71.5 cm³/mol. The summed E-state index contributed by atoms with van der Waals surface area (Å²) in [6.45, 7) is 0.